The van der Waals surface area contributed by atoms with Gasteiger partial charge in [0, 0.05) is 74.1 Å². The number of fused-ring (bicyclic) bond motifs is 2. The minimum Gasteiger partial charge on any atom is -0.748 e. The molecule has 0 aromatic heterocycles. The van der Waals surface area contributed by atoms with Gasteiger partial charge in [-0.3, -0.25) is 4.79 Å². The molecule has 336 valence electrons. The van der Waals surface area contributed by atoms with Gasteiger partial charge in [-0.25, -0.2) is 25.3 Å². The number of carboxylic acid groups (broad SMARTS) is 1. The van der Waals surface area contributed by atoms with Gasteiger partial charge in [-0.1, -0.05) is 36.8 Å². The van der Waals surface area contributed by atoms with Gasteiger partial charge < -0.3 is 37.9 Å². The second-order valence-electron chi connectivity index (χ2n) is 15.2. The molecule has 2 aliphatic heterocycles. The number of unbranched alkanes of at least 4 members (excludes halogenated alkanes) is 2. The largest absolute Gasteiger partial charge is 0.748 e. The van der Waals surface area contributed by atoms with Crippen molar-refractivity contribution in [2.75, 3.05) is 64.4 Å². The predicted molar refractivity (Wildman–Crippen MR) is 225 cm³/mol. The van der Waals surface area contributed by atoms with Crippen LogP contribution in [0.3, 0.4) is 0 Å². The van der Waals surface area contributed by atoms with Crippen molar-refractivity contribution in [3.05, 3.63) is 95.8 Å². The maximum atomic E-state index is 12.1. The molecule has 2 aromatic carbocycles. The minimum atomic E-state index is -4.83. The van der Waals surface area contributed by atoms with Crippen LogP contribution in [0.4, 0.5) is 11.4 Å². The lowest BCUT2D eigenvalue weighted by Gasteiger charge is -2.30. The number of carboxylic acids is 1. The quantitative estimate of drug-likeness (QED) is 0.0606. The third-order valence-electron chi connectivity index (χ3n) is 11.0. The highest BCUT2D eigenvalue weighted by molar-refractivity contribution is 7.86. The first-order chi connectivity index (χ1) is 28.7. The number of hydrogen-bond donors (Lipinski definition) is 1. The molecule has 0 aliphatic carbocycles. The summed E-state index contributed by atoms with van der Waals surface area (Å²) in [7, 11) is -11.0. The molecule has 2 unspecified atom stereocenters. The Morgan fingerprint density at radius 1 is 0.754 bits per heavy atom. The maximum absolute atomic E-state index is 12.1. The second kappa shape index (κ2) is 21.4. The molecule has 0 saturated carbocycles. The van der Waals surface area contributed by atoms with E-state index < -0.39 is 57.8 Å². The number of anilines is 1. The second-order valence-corrected chi connectivity index (χ2v) is 19.5. The standard InChI is InChI=1S/C42H56N2O14S3/c1-41(21-13-29-59(47,48)49)34-30-32(60(50,51)52)18-20-37(34)44(24-26-58-28-27-57-4)38(41)14-9-6-5-7-10-15-39-42(2,22-25-56-3)35-31-33(61(53,54)55)17-19-36(35)43(39)23-12-8-11-16-40(45)46/h5-7,9-10,14-15,17-20,30-31H,8,11-13,16,21-29H2,1-4H3,(H3-,45,46,47,48,49,50,51,52,53,54,55)/p-2. The zero-order valence-electron chi connectivity index (χ0n) is 34.8. The Bertz CT molecular complexity index is 2390. The maximum Gasteiger partial charge on any atom is 0.303 e. The fourth-order valence-corrected chi connectivity index (χ4v) is 9.39. The van der Waals surface area contributed by atoms with Crippen molar-refractivity contribution in [2.24, 2.45) is 0 Å². The Morgan fingerprint density at radius 3 is 2.03 bits per heavy atom. The molecular formula is C42H54N2O14S3-2. The van der Waals surface area contributed by atoms with Crippen LogP contribution >= 0.6 is 0 Å². The molecular weight excluding hydrogens is 853 g/mol. The lowest BCUT2D eigenvalue weighted by atomic mass is 9.76. The number of hydrogen-bond acceptors (Lipinski definition) is 14. The number of aliphatic carboxylic acids is 1. The average Bonchev–Trinajstić information content (AvgIpc) is 3.54. The Balaban J connectivity index is 1.71. The van der Waals surface area contributed by atoms with Crippen LogP contribution in [-0.4, -0.2) is 120 Å². The van der Waals surface area contributed by atoms with E-state index in [1.807, 2.05) is 23.7 Å². The van der Waals surface area contributed by atoms with Crippen molar-refractivity contribution in [1.29, 1.82) is 0 Å². The SMILES string of the molecule is COCCOCC[N+]1=C(/C=C/C=C/C=C/C=C2/N(CCCCCC(=O)O)c3ccc(S(=O)(=O)[O-])cc3C2(C)CCOC)C(C)(CCCS(=O)(=O)[O-])c2cc(S(=O)(=O)[O-])ccc21. The van der Waals surface area contributed by atoms with Crippen LogP contribution in [0.15, 0.2) is 94.4 Å². The summed E-state index contributed by atoms with van der Waals surface area (Å²) in [6, 6.07) is 8.40. The molecule has 0 radical (unpaired) electrons. The molecule has 0 fully saturated rings. The number of nitrogens with zero attached hydrogens (tertiary/aromatic N) is 2. The van der Waals surface area contributed by atoms with E-state index in [2.05, 4.69) is 4.90 Å². The molecule has 1 N–H and O–H groups in total. The molecule has 4 rings (SSSR count). The summed E-state index contributed by atoms with van der Waals surface area (Å²) in [5, 5.41) is 9.09. The van der Waals surface area contributed by atoms with Crippen LogP contribution in [0.5, 0.6) is 0 Å². The van der Waals surface area contributed by atoms with Crippen molar-refractivity contribution in [1.82, 2.24) is 0 Å². The molecule has 2 aromatic rings. The van der Waals surface area contributed by atoms with E-state index in [9.17, 15) is 43.7 Å². The van der Waals surface area contributed by atoms with E-state index in [0.717, 1.165) is 11.4 Å². The summed E-state index contributed by atoms with van der Waals surface area (Å²) < 4.78 is 125. The van der Waals surface area contributed by atoms with Crippen LogP contribution in [-0.2, 0) is 60.2 Å². The first-order valence-electron chi connectivity index (χ1n) is 19.7. The Morgan fingerprint density at radius 2 is 1.39 bits per heavy atom. The summed E-state index contributed by atoms with van der Waals surface area (Å²) in [5.41, 5.74) is 2.21. The predicted octanol–water partition coefficient (Wildman–Crippen LogP) is 4.85. The van der Waals surface area contributed by atoms with Crippen molar-refractivity contribution < 1.29 is 67.6 Å². The van der Waals surface area contributed by atoms with Crippen LogP contribution < -0.4 is 4.90 Å². The van der Waals surface area contributed by atoms with Gasteiger partial charge in [-0.05, 0) is 87.9 Å². The molecule has 0 spiro atoms. The Labute approximate surface area is 359 Å². The van der Waals surface area contributed by atoms with Crippen molar-refractivity contribution >= 4 is 53.4 Å². The highest BCUT2D eigenvalue weighted by atomic mass is 32.2. The molecule has 16 nitrogen and oxygen atoms in total. The van der Waals surface area contributed by atoms with Crippen LogP contribution in [0, 0.1) is 0 Å². The average molecular weight is 907 g/mol. The van der Waals surface area contributed by atoms with Crippen molar-refractivity contribution in [2.45, 2.75) is 79.4 Å². The highest BCUT2D eigenvalue weighted by Crippen LogP contribution is 2.51. The molecule has 0 bridgehead atoms. The molecule has 0 saturated heterocycles. The number of allylic oxidation sites excluding steroid dienone is 8. The Hall–Kier alpha value is -4.05. The highest BCUT2D eigenvalue weighted by Gasteiger charge is 2.48. The van der Waals surface area contributed by atoms with E-state index in [4.69, 9.17) is 19.3 Å². The first-order valence-corrected chi connectivity index (χ1v) is 24.1. The lowest BCUT2D eigenvalue weighted by molar-refractivity contribution is -0.442. The molecule has 2 heterocycles. The molecule has 2 atom stereocenters. The number of benzene rings is 2. The molecule has 19 heteroatoms. The number of carbonyl (C=O) groups is 1. The van der Waals surface area contributed by atoms with Crippen LogP contribution in [0.1, 0.15) is 69.9 Å². The monoisotopic (exact) mass is 906 g/mol. The van der Waals surface area contributed by atoms with Crippen molar-refractivity contribution in [3.8, 4) is 0 Å². The van der Waals surface area contributed by atoms with E-state index in [1.54, 1.807) is 57.6 Å². The summed E-state index contributed by atoms with van der Waals surface area (Å²) >= 11 is 0. The fraction of sp³-hybridized carbons (Fsp3) is 0.476. The number of methoxy groups -OCH3 is 2. The lowest BCUT2D eigenvalue weighted by Crippen LogP contribution is -2.32. The van der Waals surface area contributed by atoms with Crippen molar-refractivity contribution in [3.63, 3.8) is 0 Å². The summed E-state index contributed by atoms with van der Waals surface area (Å²) in [6.07, 6.45) is 15.0. The van der Waals surface area contributed by atoms with Gasteiger partial charge in [-0.2, -0.15) is 4.58 Å². The van der Waals surface area contributed by atoms with E-state index in [1.165, 1.54) is 30.3 Å². The topological polar surface area (TPSA) is 243 Å². The molecule has 2 aliphatic rings. The number of rotatable bonds is 25. The van der Waals surface area contributed by atoms with Crippen LogP contribution in [0.25, 0.3) is 0 Å². The summed E-state index contributed by atoms with van der Waals surface area (Å²) in [6.45, 7) is 5.86. The van der Waals surface area contributed by atoms with E-state index in [-0.39, 0.29) is 30.8 Å². The van der Waals surface area contributed by atoms with Gasteiger partial charge >= 0.3 is 5.97 Å². The normalized spacial score (nSPS) is 20.2. The van der Waals surface area contributed by atoms with E-state index in [0.29, 0.717) is 81.1 Å². The van der Waals surface area contributed by atoms with Gasteiger partial charge in [0.2, 0.25) is 5.69 Å². The summed E-state index contributed by atoms with van der Waals surface area (Å²) in [5.74, 6) is -1.51. The summed E-state index contributed by atoms with van der Waals surface area (Å²) in [4.78, 5) is 12.4. The van der Waals surface area contributed by atoms with Gasteiger partial charge in [-0.15, -0.1) is 0 Å². The van der Waals surface area contributed by atoms with E-state index >= 15 is 0 Å². The smallest absolute Gasteiger partial charge is 0.303 e. The van der Waals surface area contributed by atoms with Gasteiger partial charge in [0.25, 0.3) is 0 Å². The van der Waals surface area contributed by atoms with Gasteiger partial charge in [0.05, 0.1) is 38.5 Å². The zero-order chi connectivity index (χ0) is 45.1. The van der Waals surface area contributed by atoms with Gasteiger partial charge in [0.1, 0.15) is 26.8 Å². The zero-order valence-corrected chi connectivity index (χ0v) is 37.2. The first kappa shape index (κ1) is 49.6. The third-order valence-corrected chi connectivity index (χ3v) is 13.4. The Kier molecular flexibility index (Phi) is 17.4. The fourth-order valence-electron chi connectivity index (χ4n) is 7.90. The molecule has 0 amide bonds. The van der Waals surface area contributed by atoms with Gasteiger partial charge in [0.15, 0.2) is 12.3 Å². The third kappa shape index (κ3) is 13.0. The van der Waals surface area contributed by atoms with Crippen LogP contribution in [0.2, 0.25) is 0 Å². The minimum absolute atomic E-state index is 0.0283. The molecule has 61 heavy (non-hydrogen) atoms. The number of ether oxygens (including phenoxy) is 3.